The second-order valence-corrected chi connectivity index (χ2v) is 9.14. The molecular weight excluding hydrogens is 432 g/mol. The van der Waals surface area contributed by atoms with Crippen molar-refractivity contribution in [3.05, 3.63) is 87.5 Å². The van der Waals surface area contributed by atoms with Crippen LogP contribution in [0, 0.1) is 19.8 Å². The van der Waals surface area contributed by atoms with Crippen molar-refractivity contribution < 1.29 is 29.3 Å². The van der Waals surface area contributed by atoms with Crippen LogP contribution in [0.15, 0.2) is 59.7 Å². The Bertz CT molecular complexity index is 1220. The first kappa shape index (κ1) is 25.0. The number of allylic oxidation sites excluding steroid dienone is 2. The number of ether oxygens (including phenoxy) is 1. The summed E-state index contributed by atoms with van der Waals surface area (Å²) in [6.07, 6.45) is 3.00. The topological polar surface area (TPSA) is 101 Å². The van der Waals surface area contributed by atoms with Crippen molar-refractivity contribution in [2.75, 3.05) is 0 Å². The quantitative estimate of drug-likeness (QED) is 0.509. The average Bonchev–Trinajstić information content (AvgIpc) is 2.78. The summed E-state index contributed by atoms with van der Waals surface area (Å²) in [6.45, 7) is 9.22. The Balaban J connectivity index is 1.99. The molecule has 1 aliphatic carbocycles. The molecule has 1 atom stereocenters. The van der Waals surface area contributed by atoms with Crippen molar-refractivity contribution in [2.45, 2.75) is 53.1 Å². The van der Waals surface area contributed by atoms with Crippen molar-refractivity contribution in [3.8, 4) is 5.75 Å². The van der Waals surface area contributed by atoms with Crippen LogP contribution in [0.25, 0.3) is 0 Å². The maximum absolute atomic E-state index is 12.6. The number of hydrogen-bond donors (Lipinski definition) is 2. The lowest BCUT2D eigenvalue weighted by Crippen LogP contribution is -2.38. The van der Waals surface area contributed by atoms with E-state index in [1.54, 1.807) is 49.4 Å². The number of hydrogen-bond acceptors (Lipinski definition) is 4. The standard InChI is InChI=1S/C28H30O6/c1-16(2)25(29)20-9-10-24(19(5)13-20)34-15-22-17(3)7-6-8-23(22)28(27(32)33)12-11-18(4)21(14-28)26(30)31/h6-13,16H,14-15H2,1-5H3,(H,30,31)(H,32,33). The fraction of sp³-hybridized carbons (Fsp3) is 0.321. The molecule has 1 unspecified atom stereocenters. The fourth-order valence-electron chi connectivity index (χ4n) is 4.30. The van der Waals surface area contributed by atoms with E-state index >= 15 is 0 Å². The number of carbonyl (C=O) groups is 3. The maximum Gasteiger partial charge on any atom is 0.331 e. The molecule has 0 aromatic heterocycles. The van der Waals surface area contributed by atoms with E-state index in [1.165, 1.54) is 0 Å². The first-order chi connectivity index (χ1) is 16.0. The van der Waals surface area contributed by atoms with Crippen LogP contribution in [-0.2, 0) is 21.6 Å². The lowest BCUT2D eigenvalue weighted by Gasteiger charge is -2.32. The summed E-state index contributed by atoms with van der Waals surface area (Å²) in [5.74, 6) is -1.69. The van der Waals surface area contributed by atoms with Crippen molar-refractivity contribution in [1.82, 2.24) is 0 Å². The molecule has 34 heavy (non-hydrogen) atoms. The molecule has 0 bridgehead atoms. The molecule has 3 rings (SSSR count). The normalized spacial score (nSPS) is 17.7. The summed E-state index contributed by atoms with van der Waals surface area (Å²) in [6, 6.07) is 10.7. The third-order valence-corrected chi connectivity index (χ3v) is 6.44. The molecule has 1 aliphatic rings. The number of carboxylic acid groups (broad SMARTS) is 2. The molecule has 178 valence electrons. The molecule has 0 amide bonds. The van der Waals surface area contributed by atoms with E-state index in [1.807, 2.05) is 33.8 Å². The van der Waals surface area contributed by atoms with Crippen molar-refractivity contribution in [2.24, 2.45) is 5.92 Å². The van der Waals surface area contributed by atoms with E-state index in [0.717, 1.165) is 11.1 Å². The van der Waals surface area contributed by atoms with E-state index in [-0.39, 0.29) is 30.3 Å². The van der Waals surface area contributed by atoms with Crippen LogP contribution in [-0.4, -0.2) is 27.9 Å². The molecular formula is C28H30O6. The van der Waals surface area contributed by atoms with E-state index in [0.29, 0.717) is 28.0 Å². The minimum Gasteiger partial charge on any atom is -0.489 e. The third-order valence-electron chi connectivity index (χ3n) is 6.44. The van der Waals surface area contributed by atoms with Gasteiger partial charge in [-0.3, -0.25) is 9.59 Å². The van der Waals surface area contributed by atoms with Crippen molar-refractivity contribution in [3.63, 3.8) is 0 Å². The summed E-state index contributed by atoms with van der Waals surface area (Å²) in [7, 11) is 0. The van der Waals surface area contributed by atoms with Crippen LogP contribution < -0.4 is 4.74 Å². The molecule has 0 saturated carbocycles. The molecule has 0 saturated heterocycles. The van der Waals surface area contributed by atoms with Gasteiger partial charge in [0.05, 0.1) is 0 Å². The Kier molecular flexibility index (Phi) is 7.10. The SMILES string of the molecule is CC1=C(C(=O)O)CC(C(=O)O)(c2cccc(C)c2COc2ccc(C(=O)C(C)C)cc2C)C=C1. The number of carboxylic acids is 2. The molecule has 0 fully saturated rings. The monoisotopic (exact) mass is 462 g/mol. The van der Waals surface area contributed by atoms with Gasteiger partial charge in [-0.15, -0.1) is 0 Å². The largest absolute Gasteiger partial charge is 0.489 e. The van der Waals surface area contributed by atoms with Gasteiger partial charge in [-0.2, -0.15) is 0 Å². The van der Waals surface area contributed by atoms with Gasteiger partial charge in [0.15, 0.2) is 5.78 Å². The molecule has 6 nitrogen and oxygen atoms in total. The van der Waals surface area contributed by atoms with Crippen molar-refractivity contribution in [1.29, 1.82) is 0 Å². The predicted molar refractivity (Wildman–Crippen MR) is 129 cm³/mol. The highest BCUT2D eigenvalue weighted by Crippen LogP contribution is 2.41. The zero-order valence-electron chi connectivity index (χ0n) is 20.1. The number of benzene rings is 2. The lowest BCUT2D eigenvalue weighted by atomic mass is 9.69. The summed E-state index contributed by atoms with van der Waals surface area (Å²) in [5, 5.41) is 19.9. The van der Waals surface area contributed by atoms with Crippen LogP contribution in [0.1, 0.15) is 59.8 Å². The van der Waals surface area contributed by atoms with Gasteiger partial charge in [0, 0.05) is 23.5 Å². The highest BCUT2D eigenvalue weighted by atomic mass is 16.5. The first-order valence-electron chi connectivity index (χ1n) is 11.2. The van der Waals surface area contributed by atoms with Gasteiger partial charge < -0.3 is 14.9 Å². The Morgan fingerprint density at radius 2 is 1.74 bits per heavy atom. The van der Waals surface area contributed by atoms with Crippen LogP contribution in [0.3, 0.4) is 0 Å². The summed E-state index contributed by atoms with van der Waals surface area (Å²) >= 11 is 0. The molecule has 2 N–H and O–H groups in total. The molecule has 0 spiro atoms. The highest BCUT2D eigenvalue weighted by molar-refractivity contribution is 5.97. The van der Waals surface area contributed by atoms with Crippen molar-refractivity contribution >= 4 is 17.7 Å². The molecule has 2 aromatic rings. The van der Waals surface area contributed by atoms with E-state index < -0.39 is 17.4 Å². The number of Topliss-reactive ketones (excluding diaryl/α,β-unsaturated/α-hetero) is 1. The third kappa shape index (κ3) is 4.67. The lowest BCUT2D eigenvalue weighted by molar-refractivity contribution is -0.142. The number of aryl methyl sites for hydroxylation is 2. The van der Waals surface area contributed by atoms with E-state index in [4.69, 9.17) is 4.74 Å². The highest BCUT2D eigenvalue weighted by Gasteiger charge is 2.43. The fourth-order valence-corrected chi connectivity index (χ4v) is 4.30. The zero-order chi connectivity index (χ0) is 25.2. The smallest absolute Gasteiger partial charge is 0.331 e. The van der Waals surface area contributed by atoms with Gasteiger partial charge >= 0.3 is 11.9 Å². The van der Waals surface area contributed by atoms with Gasteiger partial charge in [0.2, 0.25) is 0 Å². The number of rotatable bonds is 8. The van der Waals surface area contributed by atoms with Gasteiger partial charge in [-0.05, 0) is 66.8 Å². The van der Waals surface area contributed by atoms with Gasteiger partial charge in [0.25, 0.3) is 0 Å². The second kappa shape index (κ2) is 9.67. The molecule has 2 aromatic carbocycles. The minimum absolute atomic E-state index is 0.0564. The van der Waals surface area contributed by atoms with Crippen LogP contribution >= 0.6 is 0 Å². The van der Waals surface area contributed by atoms with Gasteiger partial charge in [-0.1, -0.05) is 44.2 Å². The zero-order valence-corrected chi connectivity index (χ0v) is 20.1. The summed E-state index contributed by atoms with van der Waals surface area (Å²) < 4.78 is 6.09. The van der Waals surface area contributed by atoms with Crippen LogP contribution in [0.2, 0.25) is 0 Å². The molecule has 0 heterocycles. The maximum atomic E-state index is 12.6. The number of aliphatic carboxylic acids is 2. The Labute approximate surface area is 199 Å². The van der Waals surface area contributed by atoms with Crippen LogP contribution in [0.5, 0.6) is 5.75 Å². The van der Waals surface area contributed by atoms with E-state index in [2.05, 4.69) is 0 Å². The minimum atomic E-state index is -1.51. The Morgan fingerprint density at radius 3 is 2.32 bits per heavy atom. The van der Waals surface area contributed by atoms with E-state index in [9.17, 15) is 24.6 Å². The summed E-state index contributed by atoms with van der Waals surface area (Å²) in [5.41, 5.74) is 2.59. The molecule has 0 radical (unpaired) electrons. The average molecular weight is 463 g/mol. The van der Waals surface area contributed by atoms with Gasteiger partial charge in [0.1, 0.15) is 17.8 Å². The summed E-state index contributed by atoms with van der Waals surface area (Å²) in [4.78, 5) is 36.7. The molecule has 0 aliphatic heterocycles. The predicted octanol–water partition coefficient (Wildman–Crippen LogP) is 5.40. The molecule has 6 heteroatoms. The number of carbonyl (C=O) groups excluding carboxylic acids is 1. The first-order valence-corrected chi connectivity index (χ1v) is 11.2. The van der Waals surface area contributed by atoms with Crippen LogP contribution in [0.4, 0.5) is 0 Å². The Morgan fingerprint density at radius 1 is 1.03 bits per heavy atom. The second-order valence-electron chi connectivity index (χ2n) is 9.14. The Hall–Kier alpha value is -3.67. The number of ketones is 1. The van der Waals surface area contributed by atoms with Gasteiger partial charge in [-0.25, -0.2) is 4.79 Å².